The molecule has 1 aromatic rings. The van der Waals surface area contributed by atoms with Crippen molar-refractivity contribution in [3.05, 3.63) is 35.4 Å². The molecule has 2 saturated carbocycles. The van der Waals surface area contributed by atoms with Gasteiger partial charge < -0.3 is 10.2 Å². The summed E-state index contributed by atoms with van der Waals surface area (Å²) in [4.78, 5) is 2.47. The minimum Gasteiger partial charge on any atom is -0.310 e. The van der Waals surface area contributed by atoms with Crippen molar-refractivity contribution in [3.8, 4) is 0 Å². The third-order valence-electron chi connectivity index (χ3n) is 4.44. The van der Waals surface area contributed by atoms with Gasteiger partial charge in [-0.25, -0.2) is 0 Å². The Kier molecular flexibility index (Phi) is 4.19. The lowest BCUT2D eigenvalue weighted by Crippen LogP contribution is -2.29. The fourth-order valence-electron chi connectivity index (χ4n) is 2.80. The van der Waals surface area contributed by atoms with E-state index >= 15 is 0 Å². The van der Waals surface area contributed by atoms with Crippen LogP contribution in [0.4, 0.5) is 0 Å². The quantitative estimate of drug-likeness (QED) is 0.808. The fourth-order valence-corrected chi connectivity index (χ4v) is 2.80. The highest BCUT2D eigenvalue weighted by Crippen LogP contribution is 2.27. The van der Waals surface area contributed by atoms with Gasteiger partial charge in [0.1, 0.15) is 0 Å². The van der Waals surface area contributed by atoms with Crippen LogP contribution in [0.25, 0.3) is 0 Å². The molecule has 2 aliphatic rings. The van der Waals surface area contributed by atoms with Gasteiger partial charge in [0.2, 0.25) is 0 Å². The Morgan fingerprint density at radius 1 is 1.05 bits per heavy atom. The van der Waals surface area contributed by atoms with E-state index in [0.29, 0.717) is 0 Å². The number of nitrogens with zero attached hydrogens (tertiary/aromatic N) is 1. The molecular formula is C17H26N2. The summed E-state index contributed by atoms with van der Waals surface area (Å²) in [5.41, 5.74) is 2.86. The fraction of sp³-hybridized carbons (Fsp3) is 0.647. The van der Waals surface area contributed by atoms with Gasteiger partial charge in [0, 0.05) is 25.7 Å². The van der Waals surface area contributed by atoms with Gasteiger partial charge >= 0.3 is 0 Å². The van der Waals surface area contributed by atoms with Crippen LogP contribution < -0.4 is 5.32 Å². The van der Waals surface area contributed by atoms with Crippen molar-refractivity contribution in [1.82, 2.24) is 10.2 Å². The van der Waals surface area contributed by atoms with Gasteiger partial charge in [0.15, 0.2) is 0 Å². The molecule has 19 heavy (non-hydrogen) atoms. The first-order valence-electron chi connectivity index (χ1n) is 7.79. The lowest BCUT2D eigenvalue weighted by atomic mass is 9.85. The van der Waals surface area contributed by atoms with Gasteiger partial charge in [-0.1, -0.05) is 30.7 Å². The largest absolute Gasteiger partial charge is 0.310 e. The van der Waals surface area contributed by atoms with Crippen LogP contribution in [-0.4, -0.2) is 24.5 Å². The van der Waals surface area contributed by atoms with Crippen molar-refractivity contribution in [1.29, 1.82) is 0 Å². The molecule has 2 fully saturated rings. The summed E-state index contributed by atoms with van der Waals surface area (Å²) in [6.45, 7) is 3.39. The van der Waals surface area contributed by atoms with Crippen molar-refractivity contribution in [2.75, 3.05) is 13.6 Å². The predicted octanol–water partition coefficient (Wildman–Crippen LogP) is 3.17. The number of nitrogens with one attached hydrogen (secondary N) is 1. The Balaban J connectivity index is 1.44. The van der Waals surface area contributed by atoms with E-state index in [1.165, 1.54) is 49.8 Å². The normalized spacial score (nSPS) is 19.7. The molecule has 104 valence electrons. The molecule has 0 atom stereocenters. The average molecular weight is 258 g/mol. The molecule has 0 unspecified atom stereocenters. The molecule has 0 heterocycles. The molecule has 1 N–H and O–H groups in total. The lowest BCUT2D eigenvalue weighted by molar-refractivity contribution is 0.200. The van der Waals surface area contributed by atoms with E-state index in [1.54, 1.807) is 0 Å². The second kappa shape index (κ2) is 6.06. The first-order valence-corrected chi connectivity index (χ1v) is 7.79. The van der Waals surface area contributed by atoms with E-state index in [-0.39, 0.29) is 0 Å². The predicted molar refractivity (Wildman–Crippen MR) is 80.0 cm³/mol. The summed E-state index contributed by atoms with van der Waals surface area (Å²) in [6, 6.07) is 9.94. The maximum Gasteiger partial charge on any atom is 0.0230 e. The third-order valence-corrected chi connectivity index (χ3v) is 4.44. The molecule has 2 nitrogen and oxygen atoms in total. The Hall–Kier alpha value is -0.860. The monoisotopic (exact) mass is 258 g/mol. The minimum absolute atomic E-state index is 0.799. The van der Waals surface area contributed by atoms with Gasteiger partial charge in [-0.3, -0.25) is 0 Å². The molecule has 0 aliphatic heterocycles. The highest BCUT2D eigenvalue weighted by Gasteiger charge is 2.20. The zero-order valence-corrected chi connectivity index (χ0v) is 12.1. The topological polar surface area (TPSA) is 15.3 Å². The summed E-state index contributed by atoms with van der Waals surface area (Å²) < 4.78 is 0. The molecule has 2 aliphatic carbocycles. The van der Waals surface area contributed by atoms with Gasteiger partial charge in [0.05, 0.1) is 0 Å². The standard InChI is InChI=1S/C17H26N2/c1-19(12-15-3-2-4-15)13-16-7-5-14(6-8-16)11-18-17-9-10-17/h5-8,15,17-18H,2-4,9-13H2,1H3. The number of benzene rings is 1. The van der Waals surface area contributed by atoms with Crippen molar-refractivity contribution in [3.63, 3.8) is 0 Å². The summed E-state index contributed by atoms with van der Waals surface area (Å²) in [5.74, 6) is 0.965. The molecule has 0 radical (unpaired) electrons. The number of rotatable bonds is 7. The van der Waals surface area contributed by atoms with E-state index in [0.717, 1.165) is 25.0 Å². The molecule has 0 saturated heterocycles. The second-order valence-corrected chi connectivity index (χ2v) is 6.47. The summed E-state index contributed by atoms with van der Waals surface area (Å²) >= 11 is 0. The summed E-state index contributed by atoms with van der Waals surface area (Å²) in [5, 5.41) is 3.56. The van der Waals surface area contributed by atoms with Gasteiger partial charge in [0.25, 0.3) is 0 Å². The molecule has 0 bridgehead atoms. The molecule has 0 spiro atoms. The van der Waals surface area contributed by atoms with E-state index < -0.39 is 0 Å². The maximum absolute atomic E-state index is 3.56. The van der Waals surface area contributed by atoms with Crippen LogP contribution in [-0.2, 0) is 13.1 Å². The molecular weight excluding hydrogens is 232 g/mol. The van der Waals surface area contributed by atoms with Crippen LogP contribution in [0.15, 0.2) is 24.3 Å². The highest BCUT2D eigenvalue weighted by molar-refractivity contribution is 5.22. The first-order chi connectivity index (χ1) is 9.29. The van der Waals surface area contributed by atoms with E-state index in [2.05, 4.69) is 41.5 Å². The van der Waals surface area contributed by atoms with Gasteiger partial charge in [-0.2, -0.15) is 0 Å². The molecule has 2 heteroatoms. The first kappa shape index (κ1) is 13.1. The Morgan fingerprint density at radius 2 is 1.74 bits per heavy atom. The van der Waals surface area contributed by atoms with E-state index in [1.807, 2.05) is 0 Å². The van der Waals surface area contributed by atoms with E-state index in [9.17, 15) is 0 Å². The SMILES string of the molecule is CN(Cc1ccc(CNC2CC2)cc1)CC1CCC1. The van der Waals surface area contributed by atoms with E-state index in [4.69, 9.17) is 0 Å². The van der Waals surface area contributed by atoms with Crippen molar-refractivity contribution >= 4 is 0 Å². The molecule has 0 aromatic heterocycles. The van der Waals surface area contributed by atoms with Crippen LogP contribution in [0.3, 0.4) is 0 Å². The minimum atomic E-state index is 0.799. The number of hydrogen-bond acceptors (Lipinski definition) is 2. The highest BCUT2D eigenvalue weighted by atomic mass is 15.1. The second-order valence-electron chi connectivity index (χ2n) is 6.47. The Morgan fingerprint density at radius 3 is 2.32 bits per heavy atom. The zero-order chi connectivity index (χ0) is 13.1. The smallest absolute Gasteiger partial charge is 0.0230 e. The third kappa shape index (κ3) is 4.05. The van der Waals surface area contributed by atoms with Crippen molar-refractivity contribution in [2.24, 2.45) is 5.92 Å². The van der Waals surface area contributed by atoms with Crippen molar-refractivity contribution in [2.45, 2.75) is 51.2 Å². The van der Waals surface area contributed by atoms with Crippen LogP contribution in [0.2, 0.25) is 0 Å². The molecule has 3 rings (SSSR count). The molecule has 0 amide bonds. The van der Waals surface area contributed by atoms with Crippen LogP contribution in [0.5, 0.6) is 0 Å². The Bertz CT molecular complexity index is 390. The summed E-state index contributed by atoms with van der Waals surface area (Å²) in [7, 11) is 2.25. The van der Waals surface area contributed by atoms with Crippen LogP contribution in [0, 0.1) is 5.92 Å². The zero-order valence-electron chi connectivity index (χ0n) is 12.1. The maximum atomic E-state index is 3.56. The Labute approximate surface area is 117 Å². The lowest BCUT2D eigenvalue weighted by Gasteiger charge is -2.30. The average Bonchev–Trinajstić information content (AvgIpc) is 3.17. The molecule has 1 aromatic carbocycles. The van der Waals surface area contributed by atoms with Crippen LogP contribution in [0.1, 0.15) is 43.2 Å². The summed E-state index contributed by atoms with van der Waals surface area (Å²) in [6.07, 6.45) is 7.06. The van der Waals surface area contributed by atoms with Gasteiger partial charge in [-0.15, -0.1) is 0 Å². The van der Waals surface area contributed by atoms with Gasteiger partial charge in [-0.05, 0) is 49.8 Å². The number of hydrogen-bond donors (Lipinski definition) is 1. The van der Waals surface area contributed by atoms with Crippen molar-refractivity contribution < 1.29 is 0 Å². The van der Waals surface area contributed by atoms with Crippen LogP contribution >= 0.6 is 0 Å².